The summed E-state index contributed by atoms with van der Waals surface area (Å²) in [6.07, 6.45) is 1.15. The molecule has 1 N–H and O–H groups in total. The molecule has 1 aliphatic rings. The molecule has 3 nitrogen and oxygen atoms in total. The first kappa shape index (κ1) is 9.90. The van der Waals surface area contributed by atoms with Crippen LogP contribution in [0.2, 0.25) is 0 Å². The van der Waals surface area contributed by atoms with Gasteiger partial charge in [0.05, 0.1) is 4.88 Å². The van der Waals surface area contributed by atoms with Crippen LogP contribution >= 0.6 is 11.3 Å². The van der Waals surface area contributed by atoms with Crippen molar-refractivity contribution in [2.75, 3.05) is 5.32 Å². The highest BCUT2D eigenvalue weighted by atomic mass is 32.1. The highest BCUT2D eigenvalue weighted by Crippen LogP contribution is 2.31. The summed E-state index contributed by atoms with van der Waals surface area (Å²) in [5.74, 6) is 1.15. The predicted molar refractivity (Wildman–Crippen MR) is 68.0 cm³/mol. The number of fused-ring (bicyclic) bond motifs is 1. The minimum Gasteiger partial charge on any atom is -0.368 e. The molecule has 4 heteroatoms. The molecular weight excluding hydrogens is 218 g/mol. The molecule has 0 radical (unpaired) electrons. The van der Waals surface area contributed by atoms with E-state index in [0.29, 0.717) is 6.04 Å². The molecule has 0 bridgehead atoms. The second-order valence-corrected chi connectivity index (χ2v) is 5.32. The van der Waals surface area contributed by atoms with E-state index in [0.717, 1.165) is 24.5 Å². The minimum atomic E-state index is 0.557. The molecule has 84 valence electrons. The second-order valence-electron chi connectivity index (χ2n) is 4.40. The Bertz CT molecular complexity index is 512. The van der Waals surface area contributed by atoms with Crippen LogP contribution < -0.4 is 5.32 Å². The number of hydrogen-bond donors (Lipinski definition) is 1. The van der Waals surface area contributed by atoms with E-state index >= 15 is 0 Å². The zero-order chi connectivity index (χ0) is 11.1. The molecule has 1 unspecified atom stereocenters. The molecule has 3 heterocycles. The van der Waals surface area contributed by atoms with Crippen molar-refractivity contribution < 1.29 is 0 Å². The fourth-order valence-electron chi connectivity index (χ4n) is 2.09. The standard InChI is InChI=1S/C12H15N3S/c1-8-4-6-16-12(8)10-7-11-13-9(2)3-5-15(11)14-10/h4,6-7,9,13H,3,5H2,1-2H3. The Hall–Kier alpha value is -1.29. The van der Waals surface area contributed by atoms with E-state index in [1.54, 1.807) is 11.3 Å². The number of anilines is 1. The molecule has 3 rings (SSSR count). The SMILES string of the molecule is Cc1ccsc1-c1cc2n(n1)CCC(C)N2. The van der Waals surface area contributed by atoms with Crippen LogP contribution in [0.1, 0.15) is 18.9 Å². The molecule has 1 aliphatic heterocycles. The molecule has 2 aromatic heterocycles. The number of aryl methyl sites for hydroxylation is 2. The fourth-order valence-corrected chi connectivity index (χ4v) is 2.97. The Morgan fingerprint density at radius 3 is 3.19 bits per heavy atom. The molecule has 0 fully saturated rings. The number of hydrogen-bond acceptors (Lipinski definition) is 3. The fraction of sp³-hybridized carbons (Fsp3) is 0.417. The first-order valence-corrected chi connectivity index (χ1v) is 6.51. The lowest BCUT2D eigenvalue weighted by Gasteiger charge is -2.21. The summed E-state index contributed by atoms with van der Waals surface area (Å²) >= 11 is 1.76. The molecule has 0 amide bonds. The van der Waals surface area contributed by atoms with E-state index in [-0.39, 0.29) is 0 Å². The molecule has 0 aliphatic carbocycles. The second kappa shape index (κ2) is 3.63. The maximum atomic E-state index is 4.65. The average molecular weight is 233 g/mol. The highest BCUT2D eigenvalue weighted by molar-refractivity contribution is 7.13. The molecule has 0 saturated heterocycles. The van der Waals surface area contributed by atoms with Crippen LogP contribution in [-0.4, -0.2) is 15.8 Å². The first-order chi connectivity index (χ1) is 7.74. The lowest BCUT2D eigenvalue weighted by molar-refractivity contribution is 0.513. The minimum absolute atomic E-state index is 0.557. The number of nitrogens with zero attached hydrogens (tertiary/aromatic N) is 2. The summed E-state index contributed by atoms with van der Waals surface area (Å²) in [5.41, 5.74) is 2.41. The van der Waals surface area contributed by atoms with E-state index in [2.05, 4.69) is 46.5 Å². The van der Waals surface area contributed by atoms with Gasteiger partial charge in [-0.15, -0.1) is 11.3 Å². The Labute approximate surface area is 99.1 Å². The maximum absolute atomic E-state index is 4.65. The molecule has 0 aromatic carbocycles. The Morgan fingerprint density at radius 1 is 1.56 bits per heavy atom. The lowest BCUT2D eigenvalue weighted by atomic mass is 10.2. The summed E-state index contributed by atoms with van der Waals surface area (Å²) < 4.78 is 2.08. The van der Waals surface area contributed by atoms with Crippen molar-refractivity contribution in [2.24, 2.45) is 0 Å². The lowest BCUT2D eigenvalue weighted by Crippen LogP contribution is -2.25. The number of nitrogens with one attached hydrogen (secondary N) is 1. The number of rotatable bonds is 1. The Balaban J connectivity index is 2.02. The van der Waals surface area contributed by atoms with E-state index in [9.17, 15) is 0 Å². The molecular formula is C12H15N3S. The molecule has 16 heavy (non-hydrogen) atoms. The summed E-state index contributed by atoms with van der Waals surface area (Å²) in [7, 11) is 0. The smallest absolute Gasteiger partial charge is 0.125 e. The van der Waals surface area contributed by atoms with Crippen molar-refractivity contribution >= 4 is 17.2 Å². The van der Waals surface area contributed by atoms with Gasteiger partial charge in [-0.25, -0.2) is 4.68 Å². The van der Waals surface area contributed by atoms with Gasteiger partial charge in [-0.2, -0.15) is 5.10 Å². The van der Waals surface area contributed by atoms with Crippen LogP contribution in [0.4, 0.5) is 5.82 Å². The van der Waals surface area contributed by atoms with Crippen LogP contribution in [-0.2, 0) is 6.54 Å². The van der Waals surface area contributed by atoms with Crippen LogP contribution in [0.3, 0.4) is 0 Å². The Morgan fingerprint density at radius 2 is 2.44 bits per heavy atom. The van der Waals surface area contributed by atoms with Crippen molar-refractivity contribution in [2.45, 2.75) is 32.9 Å². The van der Waals surface area contributed by atoms with Crippen molar-refractivity contribution in [3.05, 3.63) is 23.1 Å². The van der Waals surface area contributed by atoms with Gasteiger partial charge in [-0.1, -0.05) is 0 Å². The van der Waals surface area contributed by atoms with Crippen LogP contribution in [0.25, 0.3) is 10.6 Å². The normalized spacial score (nSPS) is 19.2. The van der Waals surface area contributed by atoms with E-state index in [1.807, 2.05) is 0 Å². The van der Waals surface area contributed by atoms with Gasteiger partial charge in [0, 0.05) is 18.7 Å². The van der Waals surface area contributed by atoms with Crippen molar-refractivity contribution in [3.63, 3.8) is 0 Å². The van der Waals surface area contributed by atoms with E-state index in [1.165, 1.54) is 10.4 Å². The van der Waals surface area contributed by atoms with Gasteiger partial charge >= 0.3 is 0 Å². The zero-order valence-corrected chi connectivity index (χ0v) is 10.3. The Kier molecular flexibility index (Phi) is 2.24. The quantitative estimate of drug-likeness (QED) is 0.820. The molecule has 1 atom stereocenters. The van der Waals surface area contributed by atoms with E-state index < -0.39 is 0 Å². The molecule has 0 spiro atoms. The third-order valence-corrected chi connectivity index (χ3v) is 4.08. The summed E-state index contributed by atoms with van der Waals surface area (Å²) in [6, 6.07) is 4.87. The topological polar surface area (TPSA) is 29.9 Å². The van der Waals surface area contributed by atoms with Gasteiger partial charge in [-0.3, -0.25) is 0 Å². The summed E-state index contributed by atoms with van der Waals surface area (Å²) in [5, 5.41) is 10.2. The van der Waals surface area contributed by atoms with Crippen LogP contribution in [0.5, 0.6) is 0 Å². The van der Waals surface area contributed by atoms with Crippen molar-refractivity contribution in [1.29, 1.82) is 0 Å². The van der Waals surface area contributed by atoms with Gasteiger partial charge in [0.2, 0.25) is 0 Å². The first-order valence-electron chi connectivity index (χ1n) is 5.63. The maximum Gasteiger partial charge on any atom is 0.125 e. The van der Waals surface area contributed by atoms with Crippen LogP contribution in [0.15, 0.2) is 17.5 Å². The van der Waals surface area contributed by atoms with Gasteiger partial charge in [0.25, 0.3) is 0 Å². The largest absolute Gasteiger partial charge is 0.368 e. The number of aromatic nitrogens is 2. The van der Waals surface area contributed by atoms with Gasteiger partial charge in [0.15, 0.2) is 0 Å². The summed E-state index contributed by atoms with van der Waals surface area (Å²) in [6.45, 7) is 5.38. The van der Waals surface area contributed by atoms with Gasteiger partial charge in [0.1, 0.15) is 11.5 Å². The third kappa shape index (κ3) is 1.53. The van der Waals surface area contributed by atoms with Crippen LogP contribution in [0, 0.1) is 6.92 Å². The third-order valence-electron chi connectivity index (χ3n) is 3.04. The summed E-state index contributed by atoms with van der Waals surface area (Å²) in [4.78, 5) is 1.29. The van der Waals surface area contributed by atoms with E-state index in [4.69, 9.17) is 0 Å². The molecule has 2 aromatic rings. The average Bonchev–Trinajstić information content (AvgIpc) is 2.82. The van der Waals surface area contributed by atoms with Crippen molar-refractivity contribution in [3.8, 4) is 10.6 Å². The zero-order valence-electron chi connectivity index (χ0n) is 9.53. The van der Waals surface area contributed by atoms with Crippen molar-refractivity contribution in [1.82, 2.24) is 9.78 Å². The number of thiophene rings is 1. The highest BCUT2D eigenvalue weighted by Gasteiger charge is 2.17. The van der Waals surface area contributed by atoms with Gasteiger partial charge in [-0.05, 0) is 37.3 Å². The monoisotopic (exact) mass is 233 g/mol. The predicted octanol–water partition coefficient (Wildman–Crippen LogP) is 3.12. The molecule has 0 saturated carbocycles. The van der Waals surface area contributed by atoms with Gasteiger partial charge < -0.3 is 5.32 Å².